The summed E-state index contributed by atoms with van der Waals surface area (Å²) in [7, 11) is 1.70. The molecule has 0 radical (unpaired) electrons. The van der Waals surface area contributed by atoms with Gasteiger partial charge in [0.1, 0.15) is 6.61 Å². The first kappa shape index (κ1) is 20.3. The van der Waals surface area contributed by atoms with Crippen LogP contribution in [-0.4, -0.2) is 25.8 Å². The maximum absolute atomic E-state index is 12.1. The lowest BCUT2D eigenvalue weighted by molar-refractivity contribution is -0.176. The van der Waals surface area contributed by atoms with Crippen LogP contribution < -0.4 is 10.6 Å². The molecule has 1 aromatic heterocycles. The number of hydrogen-bond acceptors (Lipinski definition) is 3. The zero-order valence-corrected chi connectivity index (χ0v) is 15.5. The Kier molecular flexibility index (Phi) is 7.47. The van der Waals surface area contributed by atoms with Gasteiger partial charge in [0.2, 0.25) is 0 Å². The molecule has 142 valence electrons. The first-order valence-corrected chi connectivity index (χ1v) is 8.89. The Hall–Kier alpha value is -2.06. The molecule has 0 spiro atoms. The predicted molar refractivity (Wildman–Crippen MR) is 98.2 cm³/mol. The second-order valence-electron chi connectivity index (χ2n) is 5.72. The fourth-order valence-corrected chi connectivity index (χ4v) is 3.03. The SMILES string of the molecule is CN=C(NCc1ccc(COCC(F)(F)F)cc1)NCc1ccc(C)s1. The van der Waals surface area contributed by atoms with Crippen LogP contribution in [-0.2, 0) is 24.4 Å². The third-order valence-electron chi connectivity index (χ3n) is 3.47. The minimum absolute atomic E-state index is 0.0589. The van der Waals surface area contributed by atoms with Gasteiger partial charge in [0.25, 0.3) is 0 Å². The van der Waals surface area contributed by atoms with Crippen molar-refractivity contribution >= 4 is 17.3 Å². The number of nitrogens with zero attached hydrogens (tertiary/aromatic N) is 1. The van der Waals surface area contributed by atoms with Gasteiger partial charge in [-0.15, -0.1) is 11.3 Å². The summed E-state index contributed by atoms with van der Waals surface area (Å²) in [6.07, 6.45) is -4.30. The average molecular weight is 385 g/mol. The minimum atomic E-state index is -4.30. The molecule has 1 aromatic carbocycles. The van der Waals surface area contributed by atoms with Crippen LogP contribution in [0.3, 0.4) is 0 Å². The van der Waals surface area contributed by atoms with Gasteiger partial charge in [0, 0.05) is 23.3 Å². The van der Waals surface area contributed by atoms with Crippen molar-refractivity contribution in [2.45, 2.75) is 32.8 Å². The third-order valence-corrected chi connectivity index (χ3v) is 4.47. The molecule has 26 heavy (non-hydrogen) atoms. The molecule has 1 heterocycles. The lowest BCUT2D eigenvalue weighted by Gasteiger charge is -2.12. The summed E-state index contributed by atoms with van der Waals surface area (Å²) >= 11 is 1.74. The van der Waals surface area contributed by atoms with Crippen molar-refractivity contribution < 1.29 is 17.9 Å². The molecular weight excluding hydrogens is 363 g/mol. The quantitative estimate of drug-likeness (QED) is 0.559. The molecule has 0 fully saturated rings. The highest BCUT2D eigenvalue weighted by Crippen LogP contribution is 2.16. The topological polar surface area (TPSA) is 45.7 Å². The van der Waals surface area contributed by atoms with Gasteiger partial charge >= 0.3 is 6.18 Å². The first-order valence-electron chi connectivity index (χ1n) is 8.08. The Bertz CT molecular complexity index is 711. The third kappa shape index (κ3) is 7.45. The van der Waals surface area contributed by atoms with E-state index in [1.807, 2.05) is 12.1 Å². The van der Waals surface area contributed by atoms with E-state index < -0.39 is 12.8 Å². The van der Waals surface area contributed by atoms with E-state index in [1.54, 1.807) is 30.5 Å². The Morgan fingerprint density at radius 2 is 1.69 bits per heavy atom. The number of aryl methyl sites for hydroxylation is 1. The van der Waals surface area contributed by atoms with E-state index >= 15 is 0 Å². The molecule has 0 aliphatic heterocycles. The highest BCUT2D eigenvalue weighted by molar-refractivity contribution is 7.11. The van der Waals surface area contributed by atoms with E-state index in [1.165, 1.54) is 9.75 Å². The number of thiophene rings is 1. The largest absolute Gasteiger partial charge is 0.411 e. The van der Waals surface area contributed by atoms with Crippen molar-refractivity contribution in [2.75, 3.05) is 13.7 Å². The number of alkyl halides is 3. The summed E-state index contributed by atoms with van der Waals surface area (Å²) in [5, 5.41) is 6.45. The van der Waals surface area contributed by atoms with E-state index in [9.17, 15) is 13.2 Å². The number of hydrogen-bond donors (Lipinski definition) is 2. The fourth-order valence-electron chi connectivity index (χ4n) is 2.20. The predicted octanol–water partition coefficient (Wildman–Crippen LogP) is 4.00. The van der Waals surface area contributed by atoms with Crippen LogP contribution in [0.4, 0.5) is 13.2 Å². The highest BCUT2D eigenvalue weighted by atomic mass is 32.1. The van der Waals surface area contributed by atoms with Gasteiger partial charge < -0.3 is 15.4 Å². The van der Waals surface area contributed by atoms with E-state index in [-0.39, 0.29) is 6.61 Å². The highest BCUT2D eigenvalue weighted by Gasteiger charge is 2.27. The van der Waals surface area contributed by atoms with Crippen molar-refractivity contribution in [3.63, 3.8) is 0 Å². The van der Waals surface area contributed by atoms with Crippen molar-refractivity contribution in [3.8, 4) is 0 Å². The van der Waals surface area contributed by atoms with Gasteiger partial charge in [-0.2, -0.15) is 13.2 Å². The van der Waals surface area contributed by atoms with Crippen molar-refractivity contribution in [2.24, 2.45) is 4.99 Å². The van der Waals surface area contributed by atoms with Crippen molar-refractivity contribution in [3.05, 3.63) is 57.3 Å². The minimum Gasteiger partial charge on any atom is -0.367 e. The lowest BCUT2D eigenvalue weighted by Crippen LogP contribution is -2.36. The van der Waals surface area contributed by atoms with Crippen LogP contribution in [0, 0.1) is 6.92 Å². The van der Waals surface area contributed by atoms with Crippen LogP contribution in [0.5, 0.6) is 0 Å². The molecule has 2 N–H and O–H groups in total. The molecule has 8 heteroatoms. The number of benzene rings is 1. The molecule has 0 saturated carbocycles. The van der Waals surface area contributed by atoms with E-state index in [0.29, 0.717) is 24.6 Å². The first-order chi connectivity index (χ1) is 12.4. The number of ether oxygens (including phenoxy) is 1. The van der Waals surface area contributed by atoms with Gasteiger partial charge in [-0.3, -0.25) is 4.99 Å². The van der Waals surface area contributed by atoms with E-state index in [0.717, 1.165) is 5.56 Å². The van der Waals surface area contributed by atoms with Crippen LogP contribution in [0.2, 0.25) is 0 Å². The van der Waals surface area contributed by atoms with Crippen LogP contribution in [0.25, 0.3) is 0 Å². The summed E-state index contributed by atoms with van der Waals surface area (Å²) in [4.78, 5) is 6.68. The molecule has 0 saturated heterocycles. The summed E-state index contributed by atoms with van der Waals surface area (Å²) in [6.45, 7) is 2.04. The average Bonchev–Trinajstić information content (AvgIpc) is 3.00. The van der Waals surface area contributed by atoms with Gasteiger partial charge in [0.05, 0.1) is 13.2 Å². The Morgan fingerprint density at radius 3 is 2.27 bits per heavy atom. The number of halogens is 3. The summed E-state index contributed by atoms with van der Waals surface area (Å²) in [5.41, 5.74) is 1.70. The lowest BCUT2D eigenvalue weighted by atomic mass is 10.1. The number of rotatable bonds is 7. The second kappa shape index (κ2) is 9.59. The van der Waals surface area contributed by atoms with Crippen molar-refractivity contribution in [1.82, 2.24) is 10.6 Å². The Balaban J connectivity index is 1.75. The fraction of sp³-hybridized carbons (Fsp3) is 0.389. The molecular formula is C18H22F3N3OS. The molecule has 0 unspecified atom stereocenters. The molecule has 4 nitrogen and oxygen atoms in total. The molecule has 0 aliphatic rings. The van der Waals surface area contributed by atoms with Gasteiger partial charge in [0.15, 0.2) is 5.96 Å². The van der Waals surface area contributed by atoms with E-state index in [4.69, 9.17) is 0 Å². The Labute approximate surface area is 155 Å². The number of nitrogens with one attached hydrogen (secondary N) is 2. The Morgan fingerprint density at radius 1 is 1.04 bits per heavy atom. The molecule has 0 bridgehead atoms. The van der Waals surface area contributed by atoms with Crippen molar-refractivity contribution in [1.29, 1.82) is 0 Å². The summed E-state index contributed by atoms with van der Waals surface area (Å²) in [5.74, 6) is 0.689. The molecule has 2 rings (SSSR count). The molecule has 0 aliphatic carbocycles. The van der Waals surface area contributed by atoms with E-state index in [2.05, 4.69) is 39.4 Å². The molecule has 0 atom stereocenters. The maximum atomic E-state index is 12.1. The van der Waals surface area contributed by atoms with Crippen LogP contribution in [0.15, 0.2) is 41.4 Å². The second-order valence-corrected chi connectivity index (χ2v) is 7.09. The monoisotopic (exact) mass is 385 g/mol. The molecule has 0 amide bonds. The molecule has 2 aromatic rings. The number of aliphatic imine (C=N–C) groups is 1. The zero-order chi connectivity index (χ0) is 19.0. The number of guanidine groups is 1. The maximum Gasteiger partial charge on any atom is 0.411 e. The standard InChI is InChI=1S/C18H22F3N3OS/c1-13-3-8-16(26-13)10-24-17(22-2)23-9-14-4-6-15(7-5-14)11-25-12-18(19,20)21/h3-8H,9-12H2,1-2H3,(H2,22,23,24). The van der Waals surface area contributed by atoms with Gasteiger partial charge in [-0.05, 0) is 30.2 Å². The normalized spacial score (nSPS) is 12.3. The van der Waals surface area contributed by atoms with Crippen LogP contribution >= 0.6 is 11.3 Å². The smallest absolute Gasteiger partial charge is 0.367 e. The summed E-state index contributed by atoms with van der Waals surface area (Å²) in [6, 6.07) is 11.4. The van der Waals surface area contributed by atoms with Crippen LogP contribution in [0.1, 0.15) is 20.9 Å². The zero-order valence-electron chi connectivity index (χ0n) is 14.7. The van der Waals surface area contributed by atoms with Gasteiger partial charge in [-0.25, -0.2) is 0 Å². The van der Waals surface area contributed by atoms with Gasteiger partial charge in [-0.1, -0.05) is 24.3 Å². The summed E-state index contributed by atoms with van der Waals surface area (Å²) < 4.78 is 40.8.